The zero-order valence-corrected chi connectivity index (χ0v) is 16.8. The smallest absolute Gasteiger partial charge is 0.268 e. The highest BCUT2D eigenvalue weighted by Gasteiger charge is 2.40. The van der Waals surface area contributed by atoms with Crippen molar-refractivity contribution in [1.29, 1.82) is 0 Å². The third kappa shape index (κ3) is 3.08. The Bertz CT molecular complexity index is 949. The number of carbonyl (C=O) groups is 2. The van der Waals surface area contributed by atoms with E-state index in [9.17, 15) is 9.59 Å². The quantitative estimate of drug-likeness (QED) is 0.670. The lowest BCUT2D eigenvalue weighted by molar-refractivity contribution is -0.119. The molecule has 2 aromatic rings. The second kappa shape index (κ2) is 7.29. The Labute approximate surface area is 163 Å². The van der Waals surface area contributed by atoms with Crippen LogP contribution in [0.1, 0.15) is 29.2 Å². The molecule has 1 heterocycles. The lowest BCUT2D eigenvalue weighted by atomic mass is 10.0. The van der Waals surface area contributed by atoms with Gasteiger partial charge in [-0.2, -0.15) is 0 Å². The van der Waals surface area contributed by atoms with E-state index >= 15 is 0 Å². The summed E-state index contributed by atoms with van der Waals surface area (Å²) in [6, 6.07) is 11.1. The first-order chi connectivity index (χ1) is 12.4. The van der Waals surface area contributed by atoms with Crippen molar-refractivity contribution in [1.82, 2.24) is 0 Å². The third-order valence-corrected chi connectivity index (χ3v) is 5.97. The molecule has 0 bridgehead atoms. The molecule has 0 saturated heterocycles. The Kier molecular flexibility index (Phi) is 5.26. The second-order valence-electron chi connectivity index (χ2n) is 6.27. The van der Waals surface area contributed by atoms with Crippen molar-refractivity contribution in [3.05, 3.63) is 68.6 Å². The predicted octanol–water partition coefficient (Wildman–Crippen LogP) is 5.30. The minimum Gasteiger partial charge on any atom is -0.268 e. The number of halogens is 1. The molecule has 0 saturated carbocycles. The van der Waals surface area contributed by atoms with Crippen LogP contribution in [0.15, 0.2) is 41.3 Å². The Balaban J connectivity index is 2.15. The molecule has 3 rings (SSSR count). The number of hydrogen-bond acceptors (Lipinski definition) is 3. The molecule has 0 atom stereocenters. The summed E-state index contributed by atoms with van der Waals surface area (Å²) in [7, 11) is 0. The molecule has 1 aliphatic rings. The highest BCUT2D eigenvalue weighted by atomic mass is 35.5. The van der Waals surface area contributed by atoms with Crippen LogP contribution in [0, 0.1) is 20.8 Å². The fraction of sp³-hybridized carbons (Fsp3) is 0.238. The van der Waals surface area contributed by atoms with Crippen molar-refractivity contribution < 1.29 is 9.59 Å². The number of aryl methyl sites for hydroxylation is 2. The minimum atomic E-state index is -0.292. The van der Waals surface area contributed by atoms with Crippen molar-refractivity contribution in [2.45, 2.75) is 27.7 Å². The fourth-order valence-corrected chi connectivity index (χ4v) is 4.02. The molecule has 0 aromatic heterocycles. The van der Waals surface area contributed by atoms with Crippen LogP contribution in [-0.2, 0) is 9.59 Å². The van der Waals surface area contributed by atoms with Gasteiger partial charge >= 0.3 is 0 Å². The van der Waals surface area contributed by atoms with Gasteiger partial charge < -0.3 is 0 Å². The number of anilines is 1. The van der Waals surface area contributed by atoms with Gasteiger partial charge in [0.05, 0.1) is 16.2 Å². The van der Waals surface area contributed by atoms with E-state index in [0.717, 1.165) is 22.3 Å². The summed E-state index contributed by atoms with van der Waals surface area (Å²) >= 11 is 7.62. The molecule has 3 nitrogen and oxygen atoms in total. The van der Waals surface area contributed by atoms with E-state index in [1.54, 1.807) is 18.2 Å². The maximum atomic E-state index is 13.3. The van der Waals surface area contributed by atoms with Gasteiger partial charge in [-0.25, -0.2) is 4.90 Å². The van der Waals surface area contributed by atoms with Gasteiger partial charge in [0.25, 0.3) is 11.8 Å². The molecular formula is C21H20ClNO2S. The molecule has 5 heteroatoms. The van der Waals surface area contributed by atoms with Crippen LogP contribution in [0.3, 0.4) is 0 Å². The van der Waals surface area contributed by atoms with E-state index in [2.05, 4.69) is 0 Å². The molecule has 1 aliphatic heterocycles. The first-order valence-electron chi connectivity index (χ1n) is 8.45. The third-order valence-electron chi connectivity index (χ3n) is 4.61. The summed E-state index contributed by atoms with van der Waals surface area (Å²) in [6.45, 7) is 7.82. The molecule has 2 aromatic carbocycles. The first kappa shape index (κ1) is 18.7. The minimum absolute atomic E-state index is 0.277. The normalized spacial score (nSPS) is 14.6. The Morgan fingerprint density at radius 2 is 1.73 bits per heavy atom. The highest BCUT2D eigenvalue weighted by Crippen LogP contribution is 2.40. The zero-order chi connectivity index (χ0) is 19.0. The van der Waals surface area contributed by atoms with Crippen molar-refractivity contribution >= 4 is 46.4 Å². The lowest BCUT2D eigenvalue weighted by Gasteiger charge is -2.18. The summed E-state index contributed by atoms with van der Waals surface area (Å²) < 4.78 is 0. The molecule has 26 heavy (non-hydrogen) atoms. The summed E-state index contributed by atoms with van der Waals surface area (Å²) in [5.41, 5.74) is 4.76. The average Bonchev–Trinajstić information content (AvgIpc) is 2.84. The zero-order valence-electron chi connectivity index (χ0n) is 15.2. The number of imide groups is 1. The van der Waals surface area contributed by atoms with Gasteiger partial charge in [-0.1, -0.05) is 42.8 Å². The van der Waals surface area contributed by atoms with Gasteiger partial charge in [-0.3, -0.25) is 9.59 Å². The fourth-order valence-electron chi connectivity index (χ4n) is 3.00. The number of rotatable bonds is 4. The summed E-state index contributed by atoms with van der Waals surface area (Å²) in [5.74, 6) is 0.144. The molecule has 0 N–H and O–H groups in total. The van der Waals surface area contributed by atoms with E-state index in [0.29, 0.717) is 26.9 Å². The average molecular weight is 386 g/mol. The molecule has 0 aliphatic carbocycles. The molecule has 0 unspecified atom stereocenters. The van der Waals surface area contributed by atoms with Crippen molar-refractivity contribution in [2.75, 3.05) is 10.7 Å². The predicted molar refractivity (Wildman–Crippen MR) is 110 cm³/mol. The van der Waals surface area contributed by atoms with Crippen molar-refractivity contribution in [3.8, 4) is 0 Å². The van der Waals surface area contributed by atoms with Gasteiger partial charge in [-0.15, -0.1) is 11.8 Å². The largest absolute Gasteiger partial charge is 0.272 e. The molecule has 134 valence electrons. The topological polar surface area (TPSA) is 37.4 Å². The van der Waals surface area contributed by atoms with Crippen LogP contribution in [0.5, 0.6) is 0 Å². The van der Waals surface area contributed by atoms with Gasteiger partial charge in [0.15, 0.2) is 0 Å². The van der Waals surface area contributed by atoms with Crippen molar-refractivity contribution in [2.24, 2.45) is 0 Å². The monoisotopic (exact) mass is 385 g/mol. The Morgan fingerprint density at radius 3 is 2.38 bits per heavy atom. The SMILES string of the molecule is CCSC1=C(c2ccc(C)c(C)c2)C(=O)N(c2cccc(Cl)c2C)C1=O. The lowest BCUT2D eigenvalue weighted by Crippen LogP contribution is -2.32. The van der Waals surface area contributed by atoms with E-state index in [4.69, 9.17) is 11.6 Å². The summed E-state index contributed by atoms with van der Waals surface area (Å²) in [4.78, 5) is 28.1. The number of thioether (sulfide) groups is 1. The van der Waals surface area contributed by atoms with Gasteiger partial charge in [-0.05, 0) is 60.9 Å². The number of amides is 2. The van der Waals surface area contributed by atoms with Gasteiger partial charge in [0, 0.05) is 5.02 Å². The summed E-state index contributed by atoms with van der Waals surface area (Å²) in [5, 5.41) is 0.535. The maximum absolute atomic E-state index is 13.3. The van der Waals surface area contributed by atoms with Gasteiger partial charge in [0.1, 0.15) is 0 Å². The van der Waals surface area contributed by atoms with Gasteiger partial charge in [0.2, 0.25) is 0 Å². The van der Waals surface area contributed by atoms with Crippen molar-refractivity contribution in [3.63, 3.8) is 0 Å². The van der Waals surface area contributed by atoms with Crippen LogP contribution in [0.4, 0.5) is 5.69 Å². The molecule has 0 spiro atoms. The van der Waals surface area contributed by atoms with E-state index in [1.807, 2.05) is 45.9 Å². The van der Waals surface area contributed by atoms with Crippen LogP contribution < -0.4 is 4.90 Å². The van der Waals surface area contributed by atoms with E-state index < -0.39 is 0 Å². The number of benzene rings is 2. The van der Waals surface area contributed by atoms with E-state index in [-0.39, 0.29) is 11.8 Å². The van der Waals surface area contributed by atoms with Crippen LogP contribution in [0.2, 0.25) is 5.02 Å². The Morgan fingerprint density at radius 1 is 1.00 bits per heavy atom. The summed E-state index contributed by atoms with van der Waals surface area (Å²) in [6.07, 6.45) is 0. The molecule has 2 amide bonds. The van der Waals surface area contributed by atoms with Crippen LogP contribution in [0.25, 0.3) is 5.57 Å². The number of hydrogen-bond donors (Lipinski definition) is 0. The maximum Gasteiger partial charge on any atom is 0.272 e. The standard InChI is InChI=1S/C21H20ClNO2S/c1-5-26-19-18(15-10-9-12(2)13(3)11-15)20(24)23(21(19)25)17-8-6-7-16(22)14(17)4/h6-11H,5H2,1-4H3. The molecule has 0 fully saturated rings. The number of carbonyl (C=O) groups excluding carboxylic acids is 2. The van der Waals surface area contributed by atoms with E-state index in [1.165, 1.54) is 16.7 Å². The molecule has 0 radical (unpaired) electrons. The Hall–Kier alpha value is -2.04. The second-order valence-corrected chi connectivity index (χ2v) is 7.95. The highest BCUT2D eigenvalue weighted by molar-refractivity contribution is 8.04. The van der Waals surface area contributed by atoms with Crippen LogP contribution >= 0.6 is 23.4 Å². The molecular weight excluding hydrogens is 366 g/mol. The van der Waals surface area contributed by atoms with Crippen LogP contribution in [-0.4, -0.2) is 17.6 Å². The first-order valence-corrected chi connectivity index (χ1v) is 9.81. The number of nitrogens with zero attached hydrogens (tertiary/aromatic N) is 1.